The Labute approximate surface area is 571 Å². The molecule has 0 aromatic rings. The van der Waals surface area contributed by atoms with Gasteiger partial charge in [-0.05, 0) is 142 Å². The molecule has 1 aliphatic heterocycles. The van der Waals surface area contributed by atoms with Crippen LogP contribution in [0.3, 0.4) is 0 Å². The molecule has 1 amide bonds. The van der Waals surface area contributed by atoms with Crippen LogP contribution < -0.4 is 5.32 Å². The number of esters is 7. The second kappa shape index (κ2) is 60.9. The van der Waals surface area contributed by atoms with Gasteiger partial charge in [0.15, 0.2) is 0 Å². The highest BCUT2D eigenvalue weighted by Gasteiger charge is 2.38. The first-order chi connectivity index (χ1) is 45.7. The lowest BCUT2D eigenvalue weighted by molar-refractivity contribution is -0.171. The maximum Gasteiger partial charge on any atom is 0.407 e. The Morgan fingerprint density at radius 2 is 0.649 bits per heavy atom. The van der Waals surface area contributed by atoms with E-state index in [0.29, 0.717) is 70.8 Å². The van der Waals surface area contributed by atoms with Crippen LogP contribution in [0.5, 0.6) is 0 Å². The molecule has 1 N–H and O–H groups in total. The molecular weight excluding hydrogens is 1200 g/mol. The smallest absolute Gasteiger partial charge is 0.407 e. The number of hydrogen-bond acceptors (Lipinski definition) is 17. The fourth-order valence-electron chi connectivity index (χ4n) is 11.8. The molecule has 4 atom stereocenters. The summed E-state index contributed by atoms with van der Waals surface area (Å²) in [6, 6.07) is 0. The minimum absolute atomic E-state index is 0.0345. The van der Waals surface area contributed by atoms with Gasteiger partial charge in [-0.15, -0.1) is 0 Å². The quantitative estimate of drug-likeness (QED) is 0.0339. The van der Waals surface area contributed by atoms with Gasteiger partial charge in [0.25, 0.3) is 0 Å². The Morgan fingerprint density at radius 1 is 0.340 bits per heavy atom. The van der Waals surface area contributed by atoms with Crippen molar-refractivity contribution >= 4 is 47.9 Å². The molecule has 18 heteroatoms. The molecule has 0 bridgehead atoms. The molecule has 0 aromatic carbocycles. The van der Waals surface area contributed by atoms with Crippen LogP contribution in [0.15, 0.2) is 0 Å². The third-order valence-electron chi connectivity index (χ3n) is 18.1. The topological polar surface area (TPSA) is 226 Å². The van der Waals surface area contributed by atoms with Crippen molar-refractivity contribution in [1.82, 2.24) is 10.2 Å². The van der Waals surface area contributed by atoms with Gasteiger partial charge in [-0.1, -0.05) is 183 Å². The Bertz CT molecular complexity index is 1770. The van der Waals surface area contributed by atoms with Crippen LogP contribution in [-0.4, -0.2) is 131 Å². The number of alkyl carbamates (subject to hydrolysis) is 1. The lowest BCUT2D eigenvalue weighted by Gasteiger charge is -2.31. The maximum atomic E-state index is 13.9. The molecule has 4 unspecified atom stereocenters. The standard InChI is InChI=1S/C76H138N2O16/c1-8-15-22-29-44-64(41-19-12-5)72(83)87-57-38-26-33-48-68(79)90-60-76(61-91-69(80)49-34-27-39-58-88-73(84)65(42-20-13-6)45-30-23-16-9-2,62-92-70(81)50-35-28-40-59-89-74(85)66(43-21-14-7)46-31-24-17-10-3)63-93-71(82)52-51-67(47-32-25-18-11-4)94-75(86)77-53-56-78-54-36-37-55-78/h64-67H,8-63H2,1-7H3,(H,77,86). The minimum Gasteiger partial charge on any atom is -0.465 e. The maximum absolute atomic E-state index is 13.9. The SMILES string of the molecule is CCCCCCC(CCC(=O)OCC(COC(=O)CCCCCOC(=O)C(CCCC)CCCCCC)(COC(=O)CCCCCOC(=O)C(CCCC)CCCCCC)COC(=O)CCCCCOC(=O)C(CCCC)CCCCCC)OC(=O)NCCN1CCCC1. The zero-order chi connectivity index (χ0) is 69.0. The Kier molecular flexibility index (Phi) is 56.7. The monoisotopic (exact) mass is 1340 g/mol. The van der Waals surface area contributed by atoms with E-state index in [-0.39, 0.29) is 87.6 Å². The molecule has 0 aromatic heterocycles. The number of carbonyl (C=O) groups is 8. The second-order valence-corrected chi connectivity index (χ2v) is 27.0. The average Bonchev–Trinajstić information content (AvgIpc) is 1.21. The van der Waals surface area contributed by atoms with E-state index in [1.54, 1.807) is 0 Å². The van der Waals surface area contributed by atoms with Crippen molar-refractivity contribution in [3.8, 4) is 0 Å². The predicted molar refractivity (Wildman–Crippen MR) is 372 cm³/mol. The first kappa shape index (κ1) is 87.5. The highest BCUT2D eigenvalue weighted by atomic mass is 16.6. The second-order valence-electron chi connectivity index (χ2n) is 27.0. The van der Waals surface area contributed by atoms with Crippen LogP contribution in [0.4, 0.5) is 4.79 Å². The Hall–Kier alpha value is -4.48. The first-order valence-corrected chi connectivity index (χ1v) is 38.5. The third-order valence-corrected chi connectivity index (χ3v) is 18.1. The number of nitrogens with one attached hydrogen (secondary N) is 1. The number of hydrogen-bond donors (Lipinski definition) is 1. The molecule has 94 heavy (non-hydrogen) atoms. The third kappa shape index (κ3) is 48.3. The van der Waals surface area contributed by atoms with E-state index in [4.69, 9.17) is 37.9 Å². The van der Waals surface area contributed by atoms with Gasteiger partial charge >= 0.3 is 47.9 Å². The molecule has 548 valence electrons. The van der Waals surface area contributed by atoms with Gasteiger partial charge in [0.2, 0.25) is 0 Å². The zero-order valence-electron chi connectivity index (χ0n) is 60.9. The van der Waals surface area contributed by atoms with E-state index in [1.165, 1.54) is 0 Å². The van der Waals surface area contributed by atoms with E-state index in [1.807, 2.05) is 0 Å². The number of ether oxygens (including phenoxy) is 8. The van der Waals surface area contributed by atoms with E-state index >= 15 is 0 Å². The molecule has 1 rings (SSSR count). The summed E-state index contributed by atoms with van der Waals surface area (Å²) in [6.45, 7) is 17.3. The highest BCUT2D eigenvalue weighted by Crippen LogP contribution is 2.26. The predicted octanol–water partition coefficient (Wildman–Crippen LogP) is 17.7. The van der Waals surface area contributed by atoms with Crippen LogP contribution in [0, 0.1) is 23.2 Å². The summed E-state index contributed by atoms with van der Waals surface area (Å²) in [7, 11) is 0. The van der Waals surface area contributed by atoms with Crippen LogP contribution in [-0.2, 0) is 71.5 Å². The Balaban J connectivity index is 3.31. The highest BCUT2D eigenvalue weighted by molar-refractivity contribution is 5.74. The summed E-state index contributed by atoms with van der Waals surface area (Å²) in [5.74, 6) is -3.07. The summed E-state index contributed by atoms with van der Waals surface area (Å²) in [5.41, 5.74) is -1.51. The number of carbonyl (C=O) groups excluding carboxylic acids is 8. The number of rotatable bonds is 65. The lowest BCUT2D eigenvalue weighted by atomic mass is 9.92. The summed E-state index contributed by atoms with van der Waals surface area (Å²) in [5, 5.41) is 2.88. The van der Waals surface area contributed by atoms with Gasteiger partial charge in [-0.3, -0.25) is 33.6 Å². The fraction of sp³-hybridized carbons (Fsp3) is 0.895. The molecule has 0 aliphatic carbocycles. The van der Waals surface area contributed by atoms with Gasteiger partial charge in [0, 0.05) is 38.8 Å². The molecule has 1 saturated heterocycles. The number of nitrogens with zero attached hydrogens (tertiary/aromatic N) is 1. The number of unbranched alkanes of at least 4 members (excludes halogenated alkanes) is 21. The van der Waals surface area contributed by atoms with E-state index in [9.17, 15) is 38.4 Å². The van der Waals surface area contributed by atoms with Gasteiger partial charge in [0.05, 0.1) is 37.6 Å². The molecule has 0 radical (unpaired) electrons. The molecule has 0 saturated carbocycles. The van der Waals surface area contributed by atoms with Crippen LogP contribution in [0.1, 0.15) is 337 Å². The normalized spacial score (nSPS) is 14.2. The summed E-state index contributed by atoms with van der Waals surface area (Å²) >= 11 is 0. The van der Waals surface area contributed by atoms with Crippen LogP contribution in [0.2, 0.25) is 0 Å². The van der Waals surface area contributed by atoms with Crippen molar-refractivity contribution in [2.45, 2.75) is 344 Å². The van der Waals surface area contributed by atoms with Crippen molar-refractivity contribution in [3.05, 3.63) is 0 Å². The first-order valence-electron chi connectivity index (χ1n) is 38.5. The molecule has 18 nitrogen and oxygen atoms in total. The van der Waals surface area contributed by atoms with Crippen molar-refractivity contribution in [3.63, 3.8) is 0 Å². The fourth-order valence-corrected chi connectivity index (χ4v) is 11.8. The lowest BCUT2D eigenvalue weighted by Crippen LogP contribution is -2.44. The van der Waals surface area contributed by atoms with Crippen molar-refractivity contribution in [2.24, 2.45) is 23.2 Å². The van der Waals surface area contributed by atoms with Gasteiger partial charge < -0.3 is 48.1 Å². The molecule has 1 fully saturated rings. The van der Waals surface area contributed by atoms with Gasteiger partial charge in [-0.2, -0.15) is 0 Å². The van der Waals surface area contributed by atoms with E-state index in [0.717, 1.165) is 212 Å². The molecule has 0 spiro atoms. The average molecular weight is 1340 g/mol. The van der Waals surface area contributed by atoms with Crippen LogP contribution in [0.25, 0.3) is 0 Å². The van der Waals surface area contributed by atoms with Crippen molar-refractivity contribution in [1.29, 1.82) is 0 Å². The minimum atomic E-state index is -1.51. The van der Waals surface area contributed by atoms with Crippen molar-refractivity contribution < 1.29 is 76.3 Å². The van der Waals surface area contributed by atoms with E-state index < -0.39 is 67.9 Å². The molecule has 1 heterocycles. The largest absolute Gasteiger partial charge is 0.465 e. The Morgan fingerprint density at radius 3 is 0.989 bits per heavy atom. The number of likely N-dealkylation sites (tertiary alicyclic amines) is 1. The summed E-state index contributed by atoms with van der Waals surface area (Å²) in [6.07, 6.45) is 34.7. The van der Waals surface area contributed by atoms with Gasteiger partial charge in [-0.25, -0.2) is 4.79 Å². The van der Waals surface area contributed by atoms with Crippen LogP contribution >= 0.6 is 0 Å². The zero-order valence-corrected chi connectivity index (χ0v) is 60.9. The van der Waals surface area contributed by atoms with E-state index in [2.05, 4.69) is 58.7 Å². The summed E-state index contributed by atoms with van der Waals surface area (Å²) in [4.78, 5) is 109. The van der Waals surface area contributed by atoms with Crippen molar-refractivity contribution in [2.75, 3.05) is 72.4 Å². The summed E-state index contributed by atoms with van der Waals surface area (Å²) < 4.78 is 46.8. The molecular formula is C76H138N2O16. The van der Waals surface area contributed by atoms with Gasteiger partial charge in [0.1, 0.15) is 37.9 Å². The molecule has 1 aliphatic rings. The number of amides is 1.